The molecule has 3 aromatic rings. The van der Waals surface area contributed by atoms with E-state index < -0.39 is 5.92 Å². The van der Waals surface area contributed by atoms with Crippen LogP contribution in [0.1, 0.15) is 54.4 Å². The minimum absolute atomic E-state index is 0.0273. The number of halogens is 2. The third-order valence-electron chi connectivity index (χ3n) is 5.73. The first-order valence-electron chi connectivity index (χ1n) is 10.2. The molecule has 0 spiro atoms. The number of alkyl halides is 2. The van der Waals surface area contributed by atoms with Crippen LogP contribution < -0.4 is 10.6 Å². The molecule has 7 nitrogen and oxygen atoms in total. The molecule has 2 saturated carbocycles. The summed E-state index contributed by atoms with van der Waals surface area (Å²) in [6.07, 6.45) is 7.41. The highest BCUT2D eigenvalue weighted by Gasteiger charge is 2.35. The molecule has 156 valence electrons. The Kier molecular flexibility index (Phi) is 4.60. The highest BCUT2D eigenvalue weighted by atomic mass is 19.3. The fourth-order valence-corrected chi connectivity index (χ4v) is 3.84. The molecule has 2 aliphatic carbocycles. The van der Waals surface area contributed by atoms with Crippen molar-refractivity contribution in [2.24, 2.45) is 0 Å². The van der Waals surface area contributed by atoms with Crippen molar-refractivity contribution in [1.29, 1.82) is 0 Å². The summed E-state index contributed by atoms with van der Waals surface area (Å²) in [6, 6.07) is 3.79. The first-order valence-corrected chi connectivity index (χ1v) is 10.2. The smallest absolute Gasteiger partial charge is 0.248 e. The molecule has 2 aliphatic rings. The summed E-state index contributed by atoms with van der Waals surface area (Å²) in [4.78, 5) is 29.0. The van der Waals surface area contributed by atoms with E-state index in [9.17, 15) is 13.6 Å². The molecule has 0 aliphatic heterocycles. The third-order valence-corrected chi connectivity index (χ3v) is 5.73. The number of fused-ring (bicyclic) bond motifs is 1. The average Bonchev–Trinajstić information content (AvgIpc) is 3.45. The maximum Gasteiger partial charge on any atom is 0.248 e. The Bertz CT molecular complexity index is 1070. The van der Waals surface area contributed by atoms with Crippen molar-refractivity contribution in [2.45, 2.75) is 56.5 Å². The Morgan fingerprint density at radius 1 is 1.03 bits per heavy atom. The maximum absolute atomic E-state index is 13.3. The van der Waals surface area contributed by atoms with E-state index in [1.807, 2.05) is 0 Å². The maximum atomic E-state index is 13.3. The van der Waals surface area contributed by atoms with Crippen molar-refractivity contribution in [3.05, 3.63) is 42.0 Å². The van der Waals surface area contributed by atoms with Gasteiger partial charge in [0, 0.05) is 42.9 Å². The predicted molar refractivity (Wildman–Crippen MR) is 109 cm³/mol. The number of aromatic amines is 1. The number of rotatable bonds is 6. The van der Waals surface area contributed by atoms with Crippen molar-refractivity contribution >= 4 is 28.5 Å². The number of carbonyl (C=O) groups excluding carboxylic acids is 1. The number of pyridine rings is 1. The predicted octanol–water partition coefficient (Wildman–Crippen LogP) is 4.15. The van der Waals surface area contributed by atoms with Crippen LogP contribution in [0.3, 0.4) is 0 Å². The molecule has 3 N–H and O–H groups in total. The van der Waals surface area contributed by atoms with Gasteiger partial charge >= 0.3 is 0 Å². The third kappa shape index (κ3) is 3.83. The van der Waals surface area contributed by atoms with Crippen LogP contribution in [0, 0.1) is 0 Å². The lowest BCUT2D eigenvalue weighted by molar-refractivity contribution is -0.0361. The van der Waals surface area contributed by atoms with Crippen LogP contribution in [0.15, 0.2) is 30.9 Å². The van der Waals surface area contributed by atoms with E-state index in [0.29, 0.717) is 52.7 Å². The van der Waals surface area contributed by atoms with E-state index >= 15 is 0 Å². The summed E-state index contributed by atoms with van der Waals surface area (Å²) in [6.45, 7) is 0. The number of anilines is 2. The SMILES string of the molecule is O=C(c1ccc(NC2CCC(F)(F)CC2)nc1)c1c[nH]c2ncnc(NC3CC3)c12. The van der Waals surface area contributed by atoms with Crippen LogP contribution in [0.25, 0.3) is 11.0 Å². The van der Waals surface area contributed by atoms with Crippen molar-refractivity contribution in [3.63, 3.8) is 0 Å². The number of hydrogen-bond acceptors (Lipinski definition) is 6. The number of H-pyrrole nitrogens is 1. The molecule has 0 aromatic carbocycles. The molecular weight excluding hydrogens is 390 g/mol. The van der Waals surface area contributed by atoms with Crippen LogP contribution in [0.2, 0.25) is 0 Å². The van der Waals surface area contributed by atoms with Crippen LogP contribution in [-0.4, -0.2) is 43.7 Å². The number of hydrogen-bond donors (Lipinski definition) is 3. The lowest BCUT2D eigenvalue weighted by Crippen LogP contribution is -2.32. The molecule has 5 rings (SSSR count). The normalized spacial score (nSPS) is 19.0. The Morgan fingerprint density at radius 3 is 2.50 bits per heavy atom. The summed E-state index contributed by atoms with van der Waals surface area (Å²) in [5.41, 5.74) is 1.54. The lowest BCUT2D eigenvalue weighted by Gasteiger charge is -2.29. The monoisotopic (exact) mass is 412 g/mol. The molecule has 0 radical (unpaired) electrons. The number of carbonyl (C=O) groups is 1. The standard InChI is InChI=1S/C21H22F2N6O/c22-21(23)7-5-14(6-8-21)28-16-4-1-12(9-24-16)18(30)15-10-25-19-17(15)20(27-11-26-19)29-13-2-3-13/h1,4,9-11,13-14H,2-3,5-8H2,(H,24,28)(H2,25,26,27,29). The molecule has 3 aromatic heterocycles. The molecule has 0 saturated heterocycles. The van der Waals surface area contributed by atoms with Gasteiger partial charge in [-0.1, -0.05) is 0 Å². The van der Waals surface area contributed by atoms with E-state index in [1.165, 1.54) is 12.5 Å². The van der Waals surface area contributed by atoms with Crippen LogP contribution in [0.4, 0.5) is 20.4 Å². The highest BCUT2D eigenvalue weighted by molar-refractivity contribution is 6.17. The largest absolute Gasteiger partial charge is 0.367 e. The fourth-order valence-electron chi connectivity index (χ4n) is 3.84. The minimum Gasteiger partial charge on any atom is -0.367 e. The van der Waals surface area contributed by atoms with Crippen molar-refractivity contribution in [1.82, 2.24) is 19.9 Å². The first kappa shape index (κ1) is 18.9. The minimum atomic E-state index is -2.56. The van der Waals surface area contributed by atoms with Gasteiger partial charge in [-0.2, -0.15) is 0 Å². The quantitative estimate of drug-likeness (QED) is 0.527. The van der Waals surface area contributed by atoms with Crippen molar-refractivity contribution in [2.75, 3.05) is 10.6 Å². The summed E-state index contributed by atoms with van der Waals surface area (Å²) in [7, 11) is 0. The summed E-state index contributed by atoms with van der Waals surface area (Å²) in [5, 5.41) is 7.22. The highest BCUT2D eigenvalue weighted by Crippen LogP contribution is 2.34. The van der Waals surface area contributed by atoms with Gasteiger partial charge in [0.1, 0.15) is 23.6 Å². The van der Waals surface area contributed by atoms with Crippen molar-refractivity contribution < 1.29 is 13.6 Å². The van der Waals surface area contributed by atoms with E-state index in [1.54, 1.807) is 18.3 Å². The molecule has 0 atom stereocenters. The van der Waals surface area contributed by atoms with Gasteiger partial charge in [0.05, 0.1) is 10.9 Å². The molecular formula is C21H22F2N6O. The second kappa shape index (κ2) is 7.30. The lowest BCUT2D eigenvalue weighted by atomic mass is 9.92. The summed E-state index contributed by atoms with van der Waals surface area (Å²) in [5.74, 6) is -1.49. The summed E-state index contributed by atoms with van der Waals surface area (Å²) < 4.78 is 26.6. The van der Waals surface area contributed by atoms with Gasteiger partial charge in [-0.15, -0.1) is 0 Å². The van der Waals surface area contributed by atoms with Crippen LogP contribution in [0.5, 0.6) is 0 Å². The Balaban J connectivity index is 1.33. The number of nitrogens with one attached hydrogen (secondary N) is 3. The van der Waals surface area contributed by atoms with Crippen molar-refractivity contribution in [3.8, 4) is 0 Å². The van der Waals surface area contributed by atoms with E-state index in [-0.39, 0.29) is 24.7 Å². The molecule has 9 heteroatoms. The van der Waals surface area contributed by atoms with Gasteiger partial charge < -0.3 is 15.6 Å². The summed E-state index contributed by atoms with van der Waals surface area (Å²) >= 11 is 0. The Labute approximate surface area is 171 Å². The topological polar surface area (TPSA) is 95.6 Å². The number of ketones is 1. The van der Waals surface area contributed by atoms with Crippen LogP contribution in [-0.2, 0) is 0 Å². The van der Waals surface area contributed by atoms with Gasteiger partial charge in [0.15, 0.2) is 5.78 Å². The molecule has 0 amide bonds. The van der Waals surface area contributed by atoms with Gasteiger partial charge in [0.2, 0.25) is 5.92 Å². The number of nitrogens with zero attached hydrogens (tertiary/aromatic N) is 3. The van der Waals surface area contributed by atoms with Gasteiger partial charge in [-0.05, 0) is 37.8 Å². The molecule has 2 fully saturated rings. The Hall–Kier alpha value is -3.10. The van der Waals surface area contributed by atoms with E-state index in [0.717, 1.165) is 12.8 Å². The van der Waals surface area contributed by atoms with Gasteiger partial charge in [-0.3, -0.25) is 4.79 Å². The number of aromatic nitrogens is 4. The van der Waals surface area contributed by atoms with E-state index in [2.05, 4.69) is 30.6 Å². The van der Waals surface area contributed by atoms with E-state index in [4.69, 9.17) is 0 Å². The zero-order chi connectivity index (χ0) is 20.7. The molecule has 0 unspecified atom stereocenters. The van der Waals surface area contributed by atoms with Crippen LogP contribution >= 0.6 is 0 Å². The van der Waals surface area contributed by atoms with Gasteiger partial charge in [-0.25, -0.2) is 23.7 Å². The fraction of sp³-hybridized carbons (Fsp3) is 0.429. The average molecular weight is 412 g/mol. The van der Waals surface area contributed by atoms with Gasteiger partial charge in [0.25, 0.3) is 0 Å². The molecule has 3 heterocycles. The second-order valence-corrected chi connectivity index (χ2v) is 8.10. The zero-order valence-electron chi connectivity index (χ0n) is 16.3. The molecule has 0 bridgehead atoms. The Morgan fingerprint density at radius 2 is 1.80 bits per heavy atom. The zero-order valence-corrected chi connectivity index (χ0v) is 16.3. The molecule has 30 heavy (non-hydrogen) atoms. The first-order chi connectivity index (χ1) is 14.5. The second-order valence-electron chi connectivity index (χ2n) is 8.10.